The number of carbonyl (C=O) groups is 1. The molecule has 2 rings (SSSR count). The molecule has 0 bridgehead atoms. The summed E-state index contributed by atoms with van der Waals surface area (Å²) >= 11 is 0. The quantitative estimate of drug-likeness (QED) is 0.825. The molecule has 0 saturated heterocycles. The molecule has 0 amide bonds. The number of imidazole rings is 1. The Morgan fingerprint density at radius 2 is 2.10 bits per heavy atom. The highest BCUT2D eigenvalue weighted by Crippen LogP contribution is 2.20. The number of anilines is 1. The monoisotopic (exact) mass is 289 g/mol. The third kappa shape index (κ3) is 3.98. The van der Waals surface area contributed by atoms with Crippen LogP contribution in [0.25, 0.3) is 0 Å². The highest BCUT2D eigenvalue weighted by atomic mass is 16.6. The van der Waals surface area contributed by atoms with Crippen LogP contribution in [0.5, 0.6) is 5.75 Å². The molecule has 0 fully saturated rings. The van der Waals surface area contributed by atoms with Crippen LogP contribution in [0.2, 0.25) is 0 Å². The lowest BCUT2D eigenvalue weighted by Gasteiger charge is -2.15. The van der Waals surface area contributed by atoms with Crippen LogP contribution in [0, 0.1) is 0 Å². The molecule has 0 spiro atoms. The number of aryl methyl sites for hydroxylation is 1. The van der Waals surface area contributed by atoms with Gasteiger partial charge in [0.25, 0.3) is 0 Å². The van der Waals surface area contributed by atoms with E-state index in [9.17, 15) is 4.79 Å². The zero-order valence-electron chi connectivity index (χ0n) is 12.4. The second-order valence-electron chi connectivity index (χ2n) is 4.65. The number of ether oxygens (including phenoxy) is 2. The molecule has 0 aliphatic heterocycles. The Morgan fingerprint density at radius 3 is 2.67 bits per heavy atom. The minimum absolute atomic E-state index is 0.0897. The van der Waals surface area contributed by atoms with Crippen molar-refractivity contribution in [3.63, 3.8) is 0 Å². The number of nitrogens with zero attached hydrogens (tertiary/aromatic N) is 2. The number of methoxy groups -OCH3 is 1. The molecule has 1 N–H and O–H groups in total. The zero-order chi connectivity index (χ0) is 15.2. The summed E-state index contributed by atoms with van der Waals surface area (Å²) in [6.07, 6.45) is 3.69. The van der Waals surface area contributed by atoms with Crippen LogP contribution >= 0.6 is 0 Å². The van der Waals surface area contributed by atoms with E-state index in [0.29, 0.717) is 5.75 Å². The average Bonchev–Trinajstić information content (AvgIpc) is 2.92. The molecule has 1 aromatic carbocycles. The number of esters is 1. The van der Waals surface area contributed by atoms with Gasteiger partial charge in [0.05, 0.1) is 13.2 Å². The SMILES string of the molecule is COC(=O)COc1ccc(NC(C)c2nccn2C)cc1. The van der Waals surface area contributed by atoms with E-state index in [0.717, 1.165) is 11.5 Å². The third-order valence-corrected chi connectivity index (χ3v) is 3.07. The molecule has 1 aromatic heterocycles. The fraction of sp³-hybridized carbons (Fsp3) is 0.333. The van der Waals surface area contributed by atoms with Crippen LogP contribution < -0.4 is 10.1 Å². The van der Waals surface area contributed by atoms with Crippen LogP contribution in [0.3, 0.4) is 0 Å². The van der Waals surface area contributed by atoms with Gasteiger partial charge in [-0.05, 0) is 31.2 Å². The van der Waals surface area contributed by atoms with E-state index in [1.54, 1.807) is 18.3 Å². The molecule has 1 heterocycles. The minimum Gasteiger partial charge on any atom is -0.482 e. The number of carbonyl (C=O) groups excluding carboxylic acids is 1. The number of rotatable bonds is 6. The lowest BCUT2D eigenvalue weighted by molar-refractivity contribution is -0.142. The first-order valence-electron chi connectivity index (χ1n) is 6.63. The minimum atomic E-state index is -0.402. The number of hydrogen-bond donors (Lipinski definition) is 1. The molecule has 6 nitrogen and oxygen atoms in total. The van der Waals surface area contributed by atoms with E-state index in [-0.39, 0.29) is 12.6 Å². The summed E-state index contributed by atoms with van der Waals surface area (Å²) in [6.45, 7) is 1.96. The van der Waals surface area contributed by atoms with Gasteiger partial charge in [0.1, 0.15) is 11.6 Å². The predicted molar refractivity (Wildman–Crippen MR) is 79.2 cm³/mol. The predicted octanol–water partition coefficient (Wildman–Crippen LogP) is 2.14. The van der Waals surface area contributed by atoms with Crippen LogP contribution in [-0.2, 0) is 16.6 Å². The fourth-order valence-electron chi connectivity index (χ4n) is 1.96. The topological polar surface area (TPSA) is 65.4 Å². The van der Waals surface area contributed by atoms with Crippen molar-refractivity contribution in [2.24, 2.45) is 7.05 Å². The first-order chi connectivity index (χ1) is 10.1. The largest absolute Gasteiger partial charge is 0.482 e. The summed E-state index contributed by atoms with van der Waals surface area (Å²) in [5, 5.41) is 3.36. The van der Waals surface area contributed by atoms with Gasteiger partial charge >= 0.3 is 5.97 Å². The third-order valence-electron chi connectivity index (χ3n) is 3.07. The van der Waals surface area contributed by atoms with Crippen LogP contribution in [0.4, 0.5) is 5.69 Å². The van der Waals surface area contributed by atoms with E-state index in [4.69, 9.17) is 4.74 Å². The van der Waals surface area contributed by atoms with Crippen molar-refractivity contribution in [1.82, 2.24) is 9.55 Å². The highest BCUT2D eigenvalue weighted by molar-refractivity contribution is 5.70. The van der Waals surface area contributed by atoms with Crippen LogP contribution in [0.15, 0.2) is 36.7 Å². The lowest BCUT2D eigenvalue weighted by atomic mass is 10.2. The normalized spacial score (nSPS) is 11.8. The van der Waals surface area contributed by atoms with E-state index in [2.05, 4.69) is 15.0 Å². The molecule has 0 aliphatic rings. The maximum absolute atomic E-state index is 11.0. The lowest BCUT2D eigenvalue weighted by Crippen LogP contribution is -2.13. The number of hydrogen-bond acceptors (Lipinski definition) is 5. The van der Waals surface area contributed by atoms with Crippen molar-refractivity contribution in [3.8, 4) is 5.75 Å². The molecular formula is C15H19N3O3. The van der Waals surface area contributed by atoms with Crippen molar-refractivity contribution < 1.29 is 14.3 Å². The van der Waals surface area contributed by atoms with Gasteiger partial charge in [-0.1, -0.05) is 0 Å². The molecule has 1 atom stereocenters. The second kappa shape index (κ2) is 6.78. The van der Waals surface area contributed by atoms with Gasteiger partial charge in [-0.3, -0.25) is 0 Å². The Hall–Kier alpha value is -2.50. The van der Waals surface area contributed by atoms with Gasteiger partial charge < -0.3 is 19.4 Å². The Balaban J connectivity index is 1.93. The molecule has 112 valence electrons. The smallest absolute Gasteiger partial charge is 0.343 e. The first kappa shape index (κ1) is 14.9. The maximum Gasteiger partial charge on any atom is 0.343 e. The standard InChI is InChI=1S/C15H19N3O3/c1-11(15-16-8-9-18(15)2)17-12-4-6-13(7-5-12)21-10-14(19)20-3/h4-9,11,17H,10H2,1-3H3. The summed E-state index contributed by atoms with van der Waals surface area (Å²) < 4.78 is 11.8. The first-order valence-corrected chi connectivity index (χ1v) is 6.63. The van der Waals surface area contributed by atoms with Gasteiger partial charge in [-0.15, -0.1) is 0 Å². The van der Waals surface area contributed by atoms with Gasteiger partial charge in [-0.2, -0.15) is 0 Å². The van der Waals surface area contributed by atoms with Gasteiger partial charge in [0, 0.05) is 25.1 Å². The summed E-state index contributed by atoms with van der Waals surface area (Å²) in [4.78, 5) is 15.3. The van der Waals surface area contributed by atoms with Crippen LogP contribution in [-0.4, -0.2) is 29.2 Å². The van der Waals surface area contributed by atoms with E-state index >= 15 is 0 Å². The molecule has 0 aliphatic carbocycles. The Kier molecular flexibility index (Phi) is 4.81. The van der Waals surface area contributed by atoms with Gasteiger partial charge in [0.15, 0.2) is 6.61 Å². The van der Waals surface area contributed by atoms with Crippen LogP contribution in [0.1, 0.15) is 18.8 Å². The summed E-state index contributed by atoms with van der Waals surface area (Å²) in [6, 6.07) is 7.48. The molecule has 1 unspecified atom stereocenters. The summed E-state index contributed by atoms with van der Waals surface area (Å²) in [5.41, 5.74) is 0.955. The van der Waals surface area contributed by atoms with Crippen molar-refractivity contribution in [2.75, 3.05) is 19.0 Å². The number of aromatic nitrogens is 2. The number of nitrogens with one attached hydrogen (secondary N) is 1. The Labute approximate surface area is 123 Å². The average molecular weight is 289 g/mol. The summed E-state index contributed by atoms with van der Waals surface area (Å²) in [7, 11) is 3.29. The fourth-order valence-corrected chi connectivity index (χ4v) is 1.96. The number of benzene rings is 1. The van der Waals surface area contributed by atoms with Crippen molar-refractivity contribution in [1.29, 1.82) is 0 Å². The molecule has 0 radical (unpaired) electrons. The van der Waals surface area contributed by atoms with Gasteiger partial charge in [0.2, 0.25) is 0 Å². The van der Waals surface area contributed by atoms with Crippen molar-refractivity contribution in [3.05, 3.63) is 42.5 Å². The van der Waals surface area contributed by atoms with E-state index in [1.165, 1.54) is 7.11 Å². The molecule has 21 heavy (non-hydrogen) atoms. The highest BCUT2D eigenvalue weighted by Gasteiger charge is 2.10. The van der Waals surface area contributed by atoms with Crippen molar-refractivity contribution in [2.45, 2.75) is 13.0 Å². The summed E-state index contributed by atoms with van der Waals surface area (Å²) in [5.74, 6) is 1.18. The Morgan fingerprint density at radius 1 is 1.38 bits per heavy atom. The van der Waals surface area contributed by atoms with Crippen molar-refractivity contribution >= 4 is 11.7 Å². The van der Waals surface area contributed by atoms with E-state index in [1.807, 2.05) is 36.9 Å². The van der Waals surface area contributed by atoms with E-state index < -0.39 is 5.97 Å². The second-order valence-corrected chi connectivity index (χ2v) is 4.65. The van der Waals surface area contributed by atoms with Gasteiger partial charge in [-0.25, -0.2) is 9.78 Å². The molecular weight excluding hydrogens is 270 g/mol. The maximum atomic E-state index is 11.0. The zero-order valence-corrected chi connectivity index (χ0v) is 12.4. The molecule has 0 saturated carbocycles. The Bertz CT molecular complexity index is 592. The molecule has 2 aromatic rings. The molecule has 6 heteroatoms.